The van der Waals surface area contributed by atoms with Gasteiger partial charge in [0.2, 0.25) is 5.91 Å². The van der Waals surface area contributed by atoms with E-state index in [1.54, 1.807) is 6.07 Å². The molecule has 1 rings (SSSR count). The Morgan fingerprint density at radius 2 is 2.31 bits per heavy atom. The first-order valence-corrected chi connectivity index (χ1v) is 4.72. The maximum Gasteiger partial charge on any atom is 0.327 e. The summed E-state index contributed by atoms with van der Waals surface area (Å²) in [5, 5.41) is 12.9. The fourth-order valence-corrected chi connectivity index (χ4v) is 0.961. The highest BCUT2D eigenvalue weighted by Crippen LogP contribution is 2.08. The average Bonchev–Trinajstić information content (AvgIpc) is 2.29. The largest absolute Gasteiger partial charge is 0.327 e. The van der Waals surface area contributed by atoms with Gasteiger partial charge in [-0.2, -0.15) is 5.26 Å². The number of imide groups is 1. The molecule has 2 N–H and O–H groups in total. The summed E-state index contributed by atoms with van der Waals surface area (Å²) in [5.41, 5.74) is 0.205. The summed E-state index contributed by atoms with van der Waals surface area (Å²) in [5.74, 6) is -0.862. The second kappa shape index (κ2) is 5.68. The van der Waals surface area contributed by atoms with E-state index in [-0.39, 0.29) is 17.3 Å². The van der Waals surface area contributed by atoms with Crippen LogP contribution in [0.1, 0.15) is 5.56 Å². The molecular formula is C9H7ClN4O2. The monoisotopic (exact) mass is 238 g/mol. The van der Waals surface area contributed by atoms with Crippen molar-refractivity contribution in [2.24, 2.45) is 0 Å². The zero-order valence-corrected chi connectivity index (χ0v) is 8.78. The lowest BCUT2D eigenvalue weighted by Gasteiger charge is -2.05. The number of hydrogen-bond acceptors (Lipinski definition) is 4. The van der Waals surface area contributed by atoms with Gasteiger partial charge in [0.1, 0.15) is 11.9 Å². The van der Waals surface area contributed by atoms with Gasteiger partial charge in [0.15, 0.2) is 5.82 Å². The highest BCUT2D eigenvalue weighted by atomic mass is 35.5. The third-order valence-corrected chi connectivity index (χ3v) is 1.78. The normalized spacial score (nSPS) is 9.00. The first kappa shape index (κ1) is 11.9. The predicted molar refractivity (Wildman–Crippen MR) is 56.8 cm³/mol. The van der Waals surface area contributed by atoms with E-state index in [1.807, 2.05) is 11.4 Å². The van der Waals surface area contributed by atoms with Crippen molar-refractivity contribution in [2.75, 3.05) is 11.2 Å². The van der Waals surface area contributed by atoms with Crippen LogP contribution in [0.4, 0.5) is 10.6 Å². The molecule has 7 heteroatoms. The van der Waals surface area contributed by atoms with Crippen molar-refractivity contribution in [1.82, 2.24) is 10.3 Å². The van der Waals surface area contributed by atoms with Crippen LogP contribution in [0.15, 0.2) is 18.3 Å². The molecule has 0 fully saturated rings. The molecule has 0 atom stereocenters. The van der Waals surface area contributed by atoms with Crippen molar-refractivity contribution in [3.63, 3.8) is 0 Å². The van der Waals surface area contributed by atoms with Gasteiger partial charge in [0.25, 0.3) is 0 Å². The lowest BCUT2D eigenvalue weighted by molar-refractivity contribution is -0.117. The van der Waals surface area contributed by atoms with Crippen LogP contribution in [0, 0.1) is 11.3 Å². The molecule has 0 aliphatic rings. The minimum Gasteiger partial charge on any atom is -0.291 e. The number of alkyl halides is 1. The summed E-state index contributed by atoms with van der Waals surface area (Å²) in [4.78, 5) is 25.8. The van der Waals surface area contributed by atoms with E-state index in [2.05, 4.69) is 10.3 Å². The van der Waals surface area contributed by atoms with Gasteiger partial charge in [-0.25, -0.2) is 9.78 Å². The number of carbonyl (C=O) groups excluding carboxylic acids is 2. The van der Waals surface area contributed by atoms with Crippen LogP contribution in [0.2, 0.25) is 0 Å². The van der Waals surface area contributed by atoms with Gasteiger partial charge >= 0.3 is 6.03 Å². The molecule has 16 heavy (non-hydrogen) atoms. The molecule has 0 saturated heterocycles. The van der Waals surface area contributed by atoms with Gasteiger partial charge in [0, 0.05) is 6.20 Å². The lowest BCUT2D eigenvalue weighted by atomic mass is 10.3. The molecule has 0 bridgehead atoms. The Morgan fingerprint density at radius 3 is 2.94 bits per heavy atom. The van der Waals surface area contributed by atoms with Crippen molar-refractivity contribution in [3.8, 4) is 6.07 Å². The highest BCUT2D eigenvalue weighted by Gasteiger charge is 2.09. The molecule has 3 amide bonds. The van der Waals surface area contributed by atoms with Gasteiger partial charge in [-0.15, -0.1) is 11.6 Å². The van der Waals surface area contributed by atoms with E-state index in [4.69, 9.17) is 16.9 Å². The minimum atomic E-state index is -0.777. The summed E-state index contributed by atoms with van der Waals surface area (Å²) in [7, 11) is 0. The molecule has 6 nitrogen and oxygen atoms in total. The molecule has 0 aliphatic heterocycles. The Morgan fingerprint density at radius 1 is 1.56 bits per heavy atom. The number of pyridine rings is 1. The standard InChI is InChI=1S/C9H7ClN4O2/c10-4-7(15)13-9(16)14-8-6(5-11)2-1-3-12-8/h1-3H,4H2,(H2,12,13,14,15,16). The number of nitrogens with one attached hydrogen (secondary N) is 2. The molecule has 0 saturated carbocycles. The van der Waals surface area contributed by atoms with Gasteiger partial charge in [-0.1, -0.05) is 0 Å². The van der Waals surface area contributed by atoms with Crippen LogP contribution in [-0.2, 0) is 4.79 Å². The second-order valence-corrected chi connectivity index (χ2v) is 2.91. The molecule has 1 aromatic rings. The average molecular weight is 239 g/mol. The number of nitriles is 1. The number of aromatic nitrogens is 1. The minimum absolute atomic E-state index is 0.0878. The molecular weight excluding hydrogens is 232 g/mol. The number of hydrogen-bond donors (Lipinski definition) is 2. The van der Waals surface area contributed by atoms with E-state index < -0.39 is 11.9 Å². The number of rotatable bonds is 2. The maximum atomic E-state index is 11.2. The molecule has 1 aromatic heterocycles. The van der Waals surface area contributed by atoms with E-state index in [9.17, 15) is 9.59 Å². The fraction of sp³-hybridized carbons (Fsp3) is 0.111. The van der Waals surface area contributed by atoms with E-state index in [0.29, 0.717) is 0 Å². The van der Waals surface area contributed by atoms with E-state index in [1.165, 1.54) is 12.3 Å². The van der Waals surface area contributed by atoms with Gasteiger partial charge < -0.3 is 0 Å². The number of urea groups is 1. The summed E-state index contributed by atoms with van der Waals surface area (Å²) < 4.78 is 0. The predicted octanol–water partition coefficient (Wildman–Crippen LogP) is 0.840. The number of anilines is 1. The van der Waals surface area contributed by atoms with Crippen LogP contribution >= 0.6 is 11.6 Å². The number of nitrogens with zero attached hydrogens (tertiary/aromatic N) is 2. The molecule has 1 heterocycles. The Labute approximate surface area is 96.2 Å². The molecule has 0 radical (unpaired) electrons. The summed E-state index contributed by atoms with van der Waals surface area (Å²) in [6, 6.07) is 4.13. The molecule has 0 aromatic carbocycles. The van der Waals surface area contributed by atoms with Crippen LogP contribution in [0.5, 0.6) is 0 Å². The Bertz CT molecular complexity index is 455. The topological polar surface area (TPSA) is 94.9 Å². The van der Waals surface area contributed by atoms with Crippen LogP contribution in [0.25, 0.3) is 0 Å². The van der Waals surface area contributed by atoms with Crippen LogP contribution < -0.4 is 10.6 Å². The van der Waals surface area contributed by atoms with Gasteiger partial charge in [0.05, 0.1) is 5.56 Å². The van der Waals surface area contributed by atoms with Crippen molar-refractivity contribution in [3.05, 3.63) is 23.9 Å². The summed E-state index contributed by atoms with van der Waals surface area (Å²) in [6.45, 7) is 0. The maximum absolute atomic E-state index is 11.2. The lowest BCUT2D eigenvalue weighted by Crippen LogP contribution is -2.35. The molecule has 0 spiro atoms. The van der Waals surface area contributed by atoms with Crippen LogP contribution in [0.3, 0.4) is 0 Å². The third-order valence-electron chi connectivity index (χ3n) is 1.53. The van der Waals surface area contributed by atoms with Crippen molar-refractivity contribution in [2.45, 2.75) is 0 Å². The fourth-order valence-electron chi connectivity index (χ4n) is 0.894. The van der Waals surface area contributed by atoms with Gasteiger partial charge in [-0.3, -0.25) is 15.4 Å². The van der Waals surface area contributed by atoms with E-state index >= 15 is 0 Å². The van der Waals surface area contributed by atoms with Gasteiger partial charge in [-0.05, 0) is 12.1 Å². The summed E-state index contributed by atoms with van der Waals surface area (Å²) in [6.07, 6.45) is 1.42. The van der Waals surface area contributed by atoms with Crippen LogP contribution in [-0.4, -0.2) is 22.8 Å². The quantitative estimate of drug-likeness (QED) is 0.747. The first-order chi connectivity index (χ1) is 7.67. The highest BCUT2D eigenvalue weighted by molar-refractivity contribution is 6.28. The first-order valence-electron chi connectivity index (χ1n) is 4.19. The zero-order chi connectivity index (χ0) is 12.0. The SMILES string of the molecule is N#Cc1cccnc1NC(=O)NC(=O)CCl. The zero-order valence-electron chi connectivity index (χ0n) is 8.03. The third kappa shape index (κ3) is 3.22. The van der Waals surface area contributed by atoms with Crippen molar-refractivity contribution >= 4 is 29.4 Å². The molecule has 0 aliphatic carbocycles. The number of amides is 3. The molecule has 0 unspecified atom stereocenters. The number of carbonyl (C=O) groups is 2. The smallest absolute Gasteiger partial charge is 0.291 e. The summed E-state index contributed by atoms with van der Waals surface area (Å²) >= 11 is 5.20. The Balaban J connectivity index is 2.70. The molecule has 82 valence electrons. The van der Waals surface area contributed by atoms with Crippen molar-refractivity contribution < 1.29 is 9.59 Å². The second-order valence-electron chi connectivity index (χ2n) is 2.65. The Kier molecular flexibility index (Phi) is 4.24. The van der Waals surface area contributed by atoms with E-state index in [0.717, 1.165) is 0 Å². The Hall–Kier alpha value is -2.13. The number of halogens is 1. The van der Waals surface area contributed by atoms with Crippen molar-refractivity contribution in [1.29, 1.82) is 5.26 Å².